The second kappa shape index (κ2) is 5.89. The summed E-state index contributed by atoms with van der Waals surface area (Å²) in [5.74, 6) is 0.719. The van der Waals surface area contributed by atoms with Crippen LogP contribution in [0.2, 0.25) is 0 Å². The average molecular weight is 241 g/mol. The van der Waals surface area contributed by atoms with Gasteiger partial charge in [-0.2, -0.15) is 0 Å². The molecule has 0 fully saturated rings. The number of amides is 1. The molecule has 0 aromatic carbocycles. The van der Waals surface area contributed by atoms with E-state index in [9.17, 15) is 4.79 Å². The number of nitrogens with one attached hydrogen (secondary N) is 1. The Bertz CT molecular complexity index is 347. The van der Waals surface area contributed by atoms with E-state index in [0.717, 1.165) is 12.8 Å². The molecule has 0 aliphatic heterocycles. The van der Waals surface area contributed by atoms with E-state index in [-0.39, 0.29) is 17.7 Å². The molecule has 1 rings (SSSR count). The summed E-state index contributed by atoms with van der Waals surface area (Å²) in [6.07, 6.45) is 2.10. The van der Waals surface area contributed by atoms with Crippen molar-refractivity contribution in [1.29, 1.82) is 0 Å². The first kappa shape index (κ1) is 13.0. The van der Waals surface area contributed by atoms with Crippen LogP contribution < -0.4 is 5.32 Å². The first-order chi connectivity index (χ1) is 7.49. The van der Waals surface area contributed by atoms with Gasteiger partial charge in [-0.15, -0.1) is 11.3 Å². The van der Waals surface area contributed by atoms with E-state index >= 15 is 0 Å². The summed E-state index contributed by atoms with van der Waals surface area (Å²) in [6.45, 7) is 6.35. The molecule has 4 heteroatoms. The Morgan fingerprint density at radius 3 is 2.62 bits per heavy atom. The highest BCUT2D eigenvalue weighted by Gasteiger charge is 2.12. The minimum Gasteiger partial charge on any atom is -0.507 e. The van der Waals surface area contributed by atoms with Gasteiger partial charge >= 0.3 is 0 Å². The van der Waals surface area contributed by atoms with Gasteiger partial charge in [0.2, 0.25) is 0 Å². The van der Waals surface area contributed by atoms with Gasteiger partial charge in [0, 0.05) is 17.5 Å². The molecule has 0 aliphatic rings. The third-order valence-electron chi connectivity index (χ3n) is 2.36. The second-order valence-electron chi connectivity index (χ2n) is 4.51. The molecule has 0 saturated heterocycles. The molecule has 16 heavy (non-hydrogen) atoms. The summed E-state index contributed by atoms with van der Waals surface area (Å²) >= 11 is 1.26. The van der Waals surface area contributed by atoms with Crippen molar-refractivity contribution < 1.29 is 9.90 Å². The van der Waals surface area contributed by atoms with Gasteiger partial charge in [-0.1, -0.05) is 13.8 Å². The summed E-state index contributed by atoms with van der Waals surface area (Å²) in [4.78, 5) is 12.3. The number of thiophene rings is 1. The van der Waals surface area contributed by atoms with Crippen LogP contribution in [0.25, 0.3) is 0 Å². The highest BCUT2D eigenvalue weighted by molar-refractivity contribution is 7.12. The number of aromatic hydroxyl groups is 1. The van der Waals surface area contributed by atoms with Crippen molar-refractivity contribution in [2.24, 2.45) is 5.92 Å². The number of carbonyl (C=O) groups is 1. The lowest BCUT2D eigenvalue weighted by atomic mass is 10.0. The van der Waals surface area contributed by atoms with Crippen LogP contribution >= 0.6 is 11.3 Å². The van der Waals surface area contributed by atoms with Crippen molar-refractivity contribution in [2.75, 3.05) is 0 Å². The molecule has 90 valence electrons. The molecule has 1 heterocycles. The van der Waals surface area contributed by atoms with Gasteiger partial charge in [0.15, 0.2) is 0 Å². The van der Waals surface area contributed by atoms with E-state index in [1.165, 1.54) is 17.4 Å². The van der Waals surface area contributed by atoms with Gasteiger partial charge < -0.3 is 10.4 Å². The van der Waals surface area contributed by atoms with E-state index < -0.39 is 0 Å². The zero-order valence-electron chi connectivity index (χ0n) is 9.99. The van der Waals surface area contributed by atoms with Gasteiger partial charge in [-0.05, 0) is 25.7 Å². The Kier molecular flexibility index (Phi) is 4.80. The van der Waals surface area contributed by atoms with Gasteiger partial charge in [0.25, 0.3) is 5.91 Å². The summed E-state index contributed by atoms with van der Waals surface area (Å²) in [7, 11) is 0. The fourth-order valence-corrected chi connectivity index (χ4v) is 2.07. The Balaban J connectivity index is 2.39. The van der Waals surface area contributed by atoms with Crippen LogP contribution in [0.3, 0.4) is 0 Å². The van der Waals surface area contributed by atoms with Crippen molar-refractivity contribution in [2.45, 2.75) is 39.7 Å². The number of rotatable bonds is 5. The van der Waals surface area contributed by atoms with Crippen molar-refractivity contribution in [3.05, 3.63) is 16.3 Å². The quantitative estimate of drug-likeness (QED) is 0.832. The predicted octanol–water partition coefficient (Wildman–Crippen LogP) is 3.01. The lowest BCUT2D eigenvalue weighted by Gasteiger charge is -2.14. The fourth-order valence-electron chi connectivity index (χ4n) is 1.40. The monoisotopic (exact) mass is 241 g/mol. The molecule has 1 amide bonds. The predicted molar refractivity (Wildman–Crippen MR) is 67.0 cm³/mol. The maximum atomic E-state index is 11.7. The van der Waals surface area contributed by atoms with Crippen LogP contribution in [0.15, 0.2) is 11.4 Å². The van der Waals surface area contributed by atoms with Crippen LogP contribution in [0, 0.1) is 5.92 Å². The largest absolute Gasteiger partial charge is 0.507 e. The minimum absolute atomic E-state index is 0.0958. The maximum Gasteiger partial charge on any atom is 0.261 e. The lowest BCUT2D eigenvalue weighted by molar-refractivity contribution is 0.0941. The summed E-state index contributed by atoms with van der Waals surface area (Å²) in [5, 5.41) is 13.6. The highest BCUT2D eigenvalue weighted by atomic mass is 32.1. The Morgan fingerprint density at radius 2 is 2.12 bits per heavy atom. The summed E-state index contributed by atoms with van der Waals surface area (Å²) < 4.78 is 0. The first-order valence-corrected chi connectivity index (χ1v) is 6.45. The third-order valence-corrected chi connectivity index (χ3v) is 3.28. The minimum atomic E-state index is -0.0958. The molecule has 0 spiro atoms. The Hall–Kier alpha value is -1.03. The molecule has 0 aliphatic carbocycles. The molecule has 0 bridgehead atoms. The third kappa shape index (κ3) is 4.23. The van der Waals surface area contributed by atoms with Crippen LogP contribution in [-0.2, 0) is 0 Å². The van der Waals surface area contributed by atoms with Gasteiger partial charge in [0.1, 0.15) is 5.75 Å². The van der Waals surface area contributed by atoms with Crippen molar-refractivity contribution in [3.63, 3.8) is 0 Å². The molecule has 0 saturated carbocycles. The van der Waals surface area contributed by atoms with Gasteiger partial charge in [-0.25, -0.2) is 0 Å². The highest BCUT2D eigenvalue weighted by Crippen LogP contribution is 2.19. The Labute approximate surface area is 100 Å². The molecular weight excluding hydrogens is 222 g/mol. The zero-order valence-corrected chi connectivity index (χ0v) is 10.8. The smallest absolute Gasteiger partial charge is 0.261 e. The average Bonchev–Trinajstić information content (AvgIpc) is 2.62. The molecule has 1 aromatic rings. The lowest BCUT2D eigenvalue weighted by Crippen LogP contribution is -2.32. The molecule has 3 nitrogen and oxygen atoms in total. The van der Waals surface area contributed by atoms with Crippen molar-refractivity contribution in [1.82, 2.24) is 5.32 Å². The molecule has 2 N–H and O–H groups in total. The molecule has 1 unspecified atom stereocenters. The normalized spacial score (nSPS) is 12.8. The Morgan fingerprint density at radius 1 is 1.44 bits per heavy atom. The summed E-state index contributed by atoms with van der Waals surface area (Å²) in [6, 6.07) is 1.67. The van der Waals surface area contributed by atoms with Gasteiger partial charge in [-0.3, -0.25) is 4.79 Å². The van der Waals surface area contributed by atoms with Crippen molar-refractivity contribution >= 4 is 17.2 Å². The van der Waals surface area contributed by atoms with Crippen LogP contribution in [0.1, 0.15) is 43.3 Å². The number of carbonyl (C=O) groups excluding carboxylic acids is 1. The van der Waals surface area contributed by atoms with Crippen LogP contribution in [0.4, 0.5) is 0 Å². The molecular formula is C12H19NO2S. The number of hydrogen-bond donors (Lipinski definition) is 2. The summed E-state index contributed by atoms with van der Waals surface area (Å²) in [5.41, 5.74) is 0. The standard InChI is InChI=1S/C12H19NO2S/c1-8(2)4-5-9(3)13-12(15)11-6-10(14)7-16-11/h6-9,14H,4-5H2,1-3H3,(H,13,15). The van der Waals surface area contributed by atoms with E-state index in [0.29, 0.717) is 10.8 Å². The first-order valence-electron chi connectivity index (χ1n) is 5.57. The van der Waals surface area contributed by atoms with Gasteiger partial charge in [0.05, 0.1) is 4.88 Å². The maximum absolute atomic E-state index is 11.7. The van der Waals surface area contributed by atoms with Crippen molar-refractivity contribution in [3.8, 4) is 5.75 Å². The SMILES string of the molecule is CC(C)CCC(C)NC(=O)c1cc(O)cs1. The van der Waals surface area contributed by atoms with E-state index in [1.54, 1.807) is 5.38 Å². The molecule has 1 aromatic heterocycles. The molecule has 1 atom stereocenters. The van der Waals surface area contributed by atoms with E-state index in [4.69, 9.17) is 5.11 Å². The number of hydrogen-bond acceptors (Lipinski definition) is 3. The van der Waals surface area contributed by atoms with E-state index in [1.807, 2.05) is 6.92 Å². The van der Waals surface area contributed by atoms with E-state index in [2.05, 4.69) is 19.2 Å². The van der Waals surface area contributed by atoms with Crippen LogP contribution in [-0.4, -0.2) is 17.1 Å². The zero-order chi connectivity index (χ0) is 12.1. The molecule has 0 radical (unpaired) electrons. The topological polar surface area (TPSA) is 49.3 Å². The second-order valence-corrected chi connectivity index (χ2v) is 5.43. The fraction of sp³-hybridized carbons (Fsp3) is 0.583. The van der Waals surface area contributed by atoms with Crippen LogP contribution in [0.5, 0.6) is 5.75 Å².